The van der Waals surface area contributed by atoms with Crippen molar-refractivity contribution in [3.05, 3.63) is 35.9 Å². The zero-order valence-electron chi connectivity index (χ0n) is 11.0. The van der Waals surface area contributed by atoms with Gasteiger partial charge in [-0.05, 0) is 24.8 Å². The van der Waals surface area contributed by atoms with Crippen LogP contribution in [0.5, 0.6) is 0 Å². The van der Waals surface area contributed by atoms with E-state index in [0.29, 0.717) is 19.3 Å². The van der Waals surface area contributed by atoms with Gasteiger partial charge in [-0.25, -0.2) is 0 Å². The lowest BCUT2D eigenvalue weighted by Crippen LogP contribution is -2.55. The molecule has 1 aromatic rings. The summed E-state index contributed by atoms with van der Waals surface area (Å²) in [5, 5.41) is 22.1. The van der Waals surface area contributed by atoms with Gasteiger partial charge in [0.05, 0.1) is 6.61 Å². The second kappa shape index (κ2) is 6.17. The average Bonchev–Trinajstić information content (AvgIpc) is 2.89. The van der Waals surface area contributed by atoms with Gasteiger partial charge in [0.1, 0.15) is 5.54 Å². The number of carboxylic acid groups (broad SMARTS) is 1. The summed E-state index contributed by atoms with van der Waals surface area (Å²) < 4.78 is 0. The van der Waals surface area contributed by atoms with Crippen LogP contribution < -0.4 is 5.32 Å². The summed E-state index contributed by atoms with van der Waals surface area (Å²) >= 11 is 0. The molecule has 3 N–H and O–H groups in total. The quantitative estimate of drug-likeness (QED) is 0.729. The number of aliphatic carboxylic acids is 1. The Morgan fingerprint density at radius 1 is 1.26 bits per heavy atom. The normalized spacial score (nSPS) is 19.2. The molecule has 1 aromatic carbocycles. The van der Waals surface area contributed by atoms with Gasteiger partial charge in [-0.1, -0.05) is 43.2 Å². The van der Waals surface area contributed by atoms with Gasteiger partial charge in [0.15, 0.2) is 0 Å². The molecule has 0 spiro atoms. The SMILES string of the molecule is O=C(O)C1(N[C@@H](CO)Cc2ccccc2)CCCC1. The van der Waals surface area contributed by atoms with Crippen molar-refractivity contribution in [2.75, 3.05) is 6.61 Å². The molecule has 0 aliphatic heterocycles. The Balaban J connectivity index is 2.04. The highest BCUT2D eigenvalue weighted by Crippen LogP contribution is 2.30. The van der Waals surface area contributed by atoms with E-state index in [1.165, 1.54) is 0 Å². The first-order chi connectivity index (χ1) is 9.16. The number of rotatable bonds is 6. The van der Waals surface area contributed by atoms with Gasteiger partial charge < -0.3 is 10.2 Å². The summed E-state index contributed by atoms with van der Waals surface area (Å²) in [6.45, 7) is -0.0517. The molecular weight excluding hydrogens is 242 g/mol. The van der Waals surface area contributed by atoms with Crippen molar-refractivity contribution in [3.8, 4) is 0 Å². The van der Waals surface area contributed by atoms with Gasteiger partial charge in [0.25, 0.3) is 0 Å². The van der Waals surface area contributed by atoms with Crippen LogP contribution in [0.15, 0.2) is 30.3 Å². The monoisotopic (exact) mass is 263 g/mol. The fourth-order valence-electron chi connectivity index (χ4n) is 2.85. The molecule has 0 saturated heterocycles. The number of benzene rings is 1. The van der Waals surface area contributed by atoms with Crippen LogP contribution in [0.25, 0.3) is 0 Å². The molecule has 0 heterocycles. The number of hydrogen-bond acceptors (Lipinski definition) is 3. The lowest BCUT2D eigenvalue weighted by atomic mass is 9.95. The molecule has 19 heavy (non-hydrogen) atoms. The molecule has 0 unspecified atom stereocenters. The Bertz CT molecular complexity index is 413. The Morgan fingerprint density at radius 3 is 2.42 bits per heavy atom. The molecule has 1 fully saturated rings. The zero-order chi connectivity index (χ0) is 13.7. The maximum Gasteiger partial charge on any atom is 0.323 e. The Labute approximate surface area is 113 Å². The van der Waals surface area contributed by atoms with E-state index in [0.717, 1.165) is 18.4 Å². The van der Waals surface area contributed by atoms with Crippen LogP contribution >= 0.6 is 0 Å². The van der Waals surface area contributed by atoms with Gasteiger partial charge in [-0.3, -0.25) is 10.1 Å². The van der Waals surface area contributed by atoms with E-state index in [9.17, 15) is 15.0 Å². The summed E-state index contributed by atoms with van der Waals surface area (Å²) in [5.41, 5.74) is 0.259. The highest BCUT2D eigenvalue weighted by molar-refractivity contribution is 5.79. The lowest BCUT2D eigenvalue weighted by molar-refractivity contribution is -0.145. The van der Waals surface area contributed by atoms with Crippen LogP contribution in [0.3, 0.4) is 0 Å². The number of aliphatic hydroxyl groups is 1. The van der Waals surface area contributed by atoms with Crippen LogP contribution in [0, 0.1) is 0 Å². The Morgan fingerprint density at radius 2 is 1.89 bits per heavy atom. The van der Waals surface area contributed by atoms with E-state index >= 15 is 0 Å². The van der Waals surface area contributed by atoms with E-state index < -0.39 is 11.5 Å². The van der Waals surface area contributed by atoms with E-state index in [2.05, 4.69) is 5.32 Å². The Kier molecular flexibility index (Phi) is 4.56. The third-order valence-electron chi connectivity index (χ3n) is 3.89. The number of hydrogen-bond donors (Lipinski definition) is 3. The largest absolute Gasteiger partial charge is 0.480 e. The third kappa shape index (κ3) is 3.33. The Hall–Kier alpha value is -1.39. The second-order valence-corrected chi connectivity index (χ2v) is 5.31. The van der Waals surface area contributed by atoms with Gasteiger partial charge >= 0.3 is 5.97 Å². The highest BCUT2D eigenvalue weighted by atomic mass is 16.4. The second-order valence-electron chi connectivity index (χ2n) is 5.31. The molecule has 1 aliphatic carbocycles. The first-order valence-corrected chi connectivity index (χ1v) is 6.82. The van der Waals surface area contributed by atoms with Gasteiger partial charge in [0, 0.05) is 6.04 Å². The molecule has 4 heteroatoms. The van der Waals surface area contributed by atoms with Crippen LogP contribution in [0.1, 0.15) is 31.2 Å². The van der Waals surface area contributed by atoms with Gasteiger partial charge in [-0.2, -0.15) is 0 Å². The minimum Gasteiger partial charge on any atom is -0.480 e. The van der Waals surface area contributed by atoms with Crippen LogP contribution in [-0.4, -0.2) is 34.4 Å². The van der Waals surface area contributed by atoms with Crippen LogP contribution in [0.2, 0.25) is 0 Å². The van der Waals surface area contributed by atoms with E-state index in [4.69, 9.17) is 0 Å². The zero-order valence-corrected chi connectivity index (χ0v) is 11.0. The maximum atomic E-state index is 11.5. The molecule has 1 aliphatic rings. The molecule has 2 rings (SSSR count). The minimum absolute atomic E-state index is 0.0517. The molecule has 1 saturated carbocycles. The molecule has 4 nitrogen and oxygen atoms in total. The highest BCUT2D eigenvalue weighted by Gasteiger charge is 2.42. The first kappa shape index (κ1) is 14.0. The first-order valence-electron chi connectivity index (χ1n) is 6.82. The summed E-state index contributed by atoms with van der Waals surface area (Å²) in [6, 6.07) is 9.62. The van der Waals surface area contributed by atoms with Gasteiger partial charge in [-0.15, -0.1) is 0 Å². The number of nitrogens with one attached hydrogen (secondary N) is 1. The van der Waals surface area contributed by atoms with Crippen LogP contribution in [0.4, 0.5) is 0 Å². The fraction of sp³-hybridized carbons (Fsp3) is 0.533. The molecule has 0 aromatic heterocycles. The smallest absolute Gasteiger partial charge is 0.323 e. The number of aliphatic hydroxyl groups excluding tert-OH is 1. The molecule has 0 bridgehead atoms. The van der Waals surface area contributed by atoms with Crippen LogP contribution in [-0.2, 0) is 11.2 Å². The third-order valence-corrected chi connectivity index (χ3v) is 3.89. The summed E-state index contributed by atoms with van der Waals surface area (Å²) in [7, 11) is 0. The molecule has 0 amide bonds. The van der Waals surface area contributed by atoms with Gasteiger partial charge in [0.2, 0.25) is 0 Å². The molecular formula is C15H21NO3. The lowest BCUT2D eigenvalue weighted by Gasteiger charge is -2.30. The van der Waals surface area contributed by atoms with E-state index in [1.807, 2.05) is 30.3 Å². The summed E-state index contributed by atoms with van der Waals surface area (Å²) in [5.74, 6) is -0.795. The standard InChI is InChI=1S/C15H21NO3/c17-11-13(10-12-6-2-1-3-7-12)16-15(14(18)19)8-4-5-9-15/h1-3,6-7,13,16-17H,4-5,8-11H2,(H,18,19)/t13-/m1/s1. The minimum atomic E-state index is -0.845. The fourth-order valence-corrected chi connectivity index (χ4v) is 2.85. The van der Waals surface area contributed by atoms with Crippen molar-refractivity contribution >= 4 is 5.97 Å². The van der Waals surface area contributed by atoms with Crippen molar-refractivity contribution in [2.45, 2.75) is 43.7 Å². The van der Waals surface area contributed by atoms with Crippen molar-refractivity contribution < 1.29 is 15.0 Å². The number of carboxylic acids is 1. The predicted octanol–water partition coefficient (Wildman–Crippen LogP) is 1.58. The van der Waals surface area contributed by atoms with Crippen molar-refractivity contribution in [2.24, 2.45) is 0 Å². The van der Waals surface area contributed by atoms with Crippen molar-refractivity contribution in [1.82, 2.24) is 5.32 Å². The maximum absolute atomic E-state index is 11.5. The topological polar surface area (TPSA) is 69.6 Å². The molecule has 1 atom stereocenters. The van der Waals surface area contributed by atoms with Crippen molar-refractivity contribution in [1.29, 1.82) is 0 Å². The van der Waals surface area contributed by atoms with E-state index in [1.54, 1.807) is 0 Å². The molecule has 104 valence electrons. The summed E-state index contributed by atoms with van der Waals surface area (Å²) in [6.07, 6.45) is 3.80. The summed E-state index contributed by atoms with van der Waals surface area (Å²) in [4.78, 5) is 11.5. The number of carbonyl (C=O) groups is 1. The predicted molar refractivity (Wildman–Crippen MR) is 73.0 cm³/mol. The average molecular weight is 263 g/mol. The van der Waals surface area contributed by atoms with E-state index in [-0.39, 0.29) is 12.6 Å². The van der Waals surface area contributed by atoms with Crippen molar-refractivity contribution in [3.63, 3.8) is 0 Å². The molecule has 0 radical (unpaired) electrons.